The van der Waals surface area contributed by atoms with E-state index >= 15 is 0 Å². The zero-order chi connectivity index (χ0) is 14.1. The summed E-state index contributed by atoms with van der Waals surface area (Å²) < 4.78 is 22.7. The molecule has 0 aromatic carbocycles. The molecule has 0 heterocycles. The summed E-state index contributed by atoms with van der Waals surface area (Å²) in [5.41, 5.74) is 0. The van der Waals surface area contributed by atoms with Crippen molar-refractivity contribution in [1.29, 1.82) is 0 Å². The van der Waals surface area contributed by atoms with Crippen LogP contribution < -0.4 is 5.32 Å². The molecule has 19 heavy (non-hydrogen) atoms. The molecule has 1 aliphatic rings. The SMILES string of the molecule is CCCNC(CCS(C)(=O)=O)CC1CCCCCC1. The molecule has 114 valence electrons. The van der Waals surface area contributed by atoms with Gasteiger partial charge in [-0.2, -0.15) is 0 Å². The first-order chi connectivity index (χ1) is 9.01. The molecule has 0 spiro atoms. The number of nitrogens with one attached hydrogen (secondary N) is 1. The molecule has 1 saturated carbocycles. The molecule has 1 unspecified atom stereocenters. The van der Waals surface area contributed by atoms with E-state index in [0.717, 1.165) is 31.7 Å². The van der Waals surface area contributed by atoms with Gasteiger partial charge in [-0.05, 0) is 31.7 Å². The smallest absolute Gasteiger partial charge is 0.147 e. The van der Waals surface area contributed by atoms with Gasteiger partial charge >= 0.3 is 0 Å². The van der Waals surface area contributed by atoms with Crippen LogP contribution in [0.2, 0.25) is 0 Å². The lowest BCUT2D eigenvalue weighted by molar-refractivity contribution is 0.345. The lowest BCUT2D eigenvalue weighted by atomic mass is 9.91. The van der Waals surface area contributed by atoms with Crippen molar-refractivity contribution < 1.29 is 8.42 Å². The minimum atomic E-state index is -2.83. The maximum atomic E-state index is 11.3. The first-order valence-corrected chi connectivity index (χ1v) is 9.98. The highest BCUT2D eigenvalue weighted by Gasteiger charge is 2.19. The molecule has 1 aliphatic carbocycles. The molecule has 1 N–H and O–H groups in total. The Balaban J connectivity index is 2.42. The van der Waals surface area contributed by atoms with E-state index in [9.17, 15) is 8.42 Å². The number of sulfone groups is 1. The van der Waals surface area contributed by atoms with Gasteiger partial charge < -0.3 is 5.32 Å². The molecule has 1 fully saturated rings. The molecule has 1 rings (SSSR count). The summed E-state index contributed by atoms with van der Waals surface area (Å²) in [5.74, 6) is 1.12. The molecule has 0 saturated heterocycles. The average molecular weight is 289 g/mol. The van der Waals surface area contributed by atoms with E-state index in [2.05, 4.69) is 12.2 Å². The second-order valence-corrected chi connectivity index (χ2v) is 8.42. The Labute approximate surface area is 119 Å². The second-order valence-electron chi connectivity index (χ2n) is 6.16. The van der Waals surface area contributed by atoms with Gasteiger partial charge in [0.15, 0.2) is 0 Å². The van der Waals surface area contributed by atoms with Crippen LogP contribution in [0.3, 0.4) is 0 Å². The minimum absolute atomic E-state index is 0.321. The van der Waals surface area contributed by atoms with Crippen LogP contribution in [0, 0.1) is 5.92 Å². The fraction of sp³-hybridized carbons (Fsp3) is 1.00. The topological polar surface area (TPSA) is 46.2 Å². The van der Waals surface area contributed by atoms with Gasteiger partial charge in [-0.1, -0.05) is 45.4 Å². The van der Waals surface area contributed by atoms with E-state index in [1.54, 1.807) is 0 Å². The van der Waals surface area contributed by atoms with Crippen molar-refractivity contribution in [3.8, 4) is 0 Å². The largest absolute Gasteiger partial charge is 0.314 e. The van der Waals surface area contributed by atoms with Crippen LogP contribution in [-0.2, 0) is 9.84 Å². The van der Waals surface area contributed by atoms with Crippen molar-refractivity contribution in [2.24, 2.45) is 5.92 Å². The van der Waals surface area contributed by atoms with Crippen LogP contribution in [0.5, 0.6) is 0 Å². The minimum Gasteiger partial charge on any atom is -0.314 e. The summed E-state index contributed by atoms with van der Waals surface area (Å²) in [6, 6.07) is 0.387. The summed E-state index contributed by atoms with van der Waals surface area (Å²) in [6.07, 6.45) is 12.5. The Hall–Kier alpha value is -0.0900. The monoisotopic (exact) mass is 289 g/mol. The van der Waals surface area contributed by atoms with Crippen LogP contribution in [0.15, 0.2) is 0 Å². The van der Waals surface area contributed by atoms with Gasteiger partial charge in [-0.15, -0.1) is 0 Å². The number of rotatable bonds is 8. The first kappa shape index (κ1) is 17.0. The van der Waals surface area contributed by atoms with Crippen molar-refractivity contribution in [1.82, 2.24) is 5.32 Å². The van der Waals surface area contributed by atoms with Gasteiger partial charge in [0, 0.05) is 12.3 Å². The fourth-order valence-electron chi connectivity index (χ4n) is 3.01. The van der Waals surface area contributed by atoms with Crippen molar-refractivity contribution in [3.63, 3.8) is 0 Å². The molecule has 0 bridgehead atoms. The van der Waals surface area contributed by atoms with Crippen LogP contribution >= 0.6 is 0 Å². The first-order valence-electron chi connectivity index (χ1n) is 7.92. The van der Waals surface area contributed by atoms with Crippen molar-refractivity contribution in [3.05, 3.63) is 0 Å². The molecule has 0 amide bonds. The Kier molecular flexibility index (Phi) is 8.00. The summed E-state index contributed by atoms with van der Waals surface area (Å²) in [6.45, 7) is 3.16. The second kappa shape index (κ2) is 8.96. The van der Waals surface area contributed by atoms with Gasteiger partial charge in [0.1, 0.15) is 9.84 Å². The molecule has 0 aromatic rings. The predicted molar refractivity (Wildman–Crippen MR) is 82.2 cm³/mol. The Morgan fingerprint density at radius 3 is 2.32 bits per heavy atom. The molecule has 0 aliphatic heterocycles. The van der Waals surface area contributed by atoms with Crippen molar-refractivity contribution in [2.75, 3.05) is 18.6 Å². The predicted octanol–water partition coefficient (Wildman–Crippen LogP) is 3.15. The van der Waals surface area contributed by atoms with Crippen LogP contribution in [-0.4, -0.2) is 33.0 Å². The van der Waals surface area contributed by atoms with Crippen LogP contribution in [0.4, 0.5) is 0 Å². The maximum absolute atomic E-state index is 11.3. The standard InChI is InChI=1S/C15H31NO2S/c1-3-11-16-15(10-12-19(2,17)18)13-14-8-6-4-5-7-9-14/h14-16H,3-13H2,1-2H3. The highest BCUT2D eigenvalue weighted by Crippen LogP contribution is 2.27. The van der Waals surface area contributed by atoms with Gasteiger partial charge in [-0.3, -0.25) is 0 Å². The quantitative estimate of drug-likeness (QED) is 0.698. The Morgan fingerprint density at radius 2 is 1.79 bits per heavy atom. The average Bonchev–Trinajstić information content (AvgIpc) is 2.60. The van der Waals surface area contributed by atoms with Gasteiger partial charge in [0.25, 0.3) is 0 Å². The van der Waals surface area contributed by atoms with Gasteiger partial charge in [0.05, 0.1) is 5.75 Å². The molecule has 4 heteroatoms. The zero-order valence-corrected chi connectivity index (χ0v) is 13.5. The van der Waals surface area contributed by atoms with E-state index in [-0.39, 0.29) is 0 Å². The highest BCUT2D eigenvalue weighted by molar-refractivity contribution is 7.90. The molecule has 0 aromatic heterocycles. The summed E-state index contributed by atoms with van der Waals surface area (Å²) in [5, 5.41) is 3.55. The van der Waals surface area contributed by atoms with E-state index in [1.165, 1.54) is 44.8 Å². The van der Waals surface area contributed by atoms with Crippen LogP contribution in [0.1, 0.15) is 64.7 Å². The van der Waals surface area contributed by atoms with Crippen molar-refractivity contribution in [2.45, 2.75) is 70.8 Å². The Morgan fingerprint density at radius 1 is 1.16 bits per heavy atom. The van der Waals surface area contributed by atoms with Crippen molar-refractivity contribution >= 4 is 9.84 Å². The molecular weight excluding hydrogens is 258 g/mol. The van der Waals surface area contributed by atoms with E-state index < -0.39 is 9.84 Å². The lowest BCUT2D eigenvalue weighted by Crippen LogP contribution is -2.33. The normalized spacial score (nSPS) is 20.1. The fourth-order valence-corrected chi connectivity index (χ4v) is 3.72. The number of hydrogen-bond donors (Lipinski definition) is 1. The molecule has 3 nitrogen and oxygen atoms in total. The summed E-state index contributed by atoms with van der Waals surface area (Å²) in [4.78, 5) is 0. The molecular formula is C15H31NO2S. The Bertz CT molecular complexity index is 319. The number of hydrogen-bond acceptors (Lipinski definition) is 3. The van der Waals surface area contributed by atoms with E-state index in [4.69, 9.17) is 0 Å². The third-order valence-electron chi connectivity index (χ3n) is 4.11. The van der Waals surface area contributed by atoms with Gasteiger partial charge in [-0.25, -0.2) is 8.42 Å². The third kappa shape index (κ3) is 8.64. The summed E-state index contributed by atoms with van der Waals surface area (Å²) in [7, 11) is -2.83. The highest BCUT2D eigenvalue weighted by atomic mass is 32.2. The van der Waals surface area contributed by atoms with E-state index in [0.29, 0.717) is 11.8 Å². The zero-order valence-electron chi connectivity index (χ0n) is 12.7. The third-order valence-corrected chi connectivity index (χ3v) is 5.09. The molecule has 1 atom stereocenters. The van der Waals surface area contributed by atoms with Gasteiger partial charge in [0.2, 0.25) is 0 Å². The maximum Gasteiger partial charge on any atom is 0.147 e. The molecule has 0 radical (unpaired) electrons. The van der Waals surface area contributed by atoms with E-state index in [1.807, 2.05) is 0 Å². The summed E-state index contributed by atoms with van der Waals surface area (Å²) >= 11 is 0. The van der Waals surface area contributed by atoms with Crippen LogP contribution in [0.25, 0.3) is 0 Å². The lowest BCUT2D eigenvalue weighted by Gasteiger charge is -2.23.